The lowest BCUT2D eigenvalue weighted by atomic mass is 9.50. The summed E-state index contributed by atoms with van der Waals surface area (Å²) in [5.41, 5.74) is 5.71. The van der Waals surface area contributed by atoms with Gasteiger partial charge in [0.05, 0.1) is 18.1 Å². The number of benzene rings is 1. The molecule has 1 fully saturated rings. The van der Waals surface area contributed by atoms with Gasteiger partial charge in [-0.05, 0) is 57.5 Å². The maximum Gasteiger partial charge on any atom is 0.352 e. The lowest BCUT2D eigenvalue weighted by Gasteiger charge is -2.61. The van der Waals surface area contributed by atoms with Gasteiger partial charge in [-0.1, -0.05) is 6.07 Å². The lowest BCUT2D eigenvalue weighted by molar-refractivity contribution is -0.175. The number of hydrogen-bond donors (Lipinski definition) is 3. The predicted molar refractivity (Wildman–Crippen MR) is 128 cm³/mol. The Morgan fingerprint density at radius 3 is 2.76 bits per heavy atom. The Morgan fingerprint density at radius 2 is 2.05 bits per heavy atom. The largest absolute Gasteiger partial charge is 0.493 e. The number of aliphatic carboxylic acids is 1. The van der Waals surface area contributed by atoms with E-state index in [1.807, 2.05) is 19.2 Å². The number of likely N-dealkylation sites (N-methyl/N-ethyl adjacent to an activating group) is 1. The molecule has 11 nitrogen and oxygen atoms in total. The van der Waals surface area contributed by atoms with Crippen molar-refractivity contribution in [2.75, 3.05) is 20.7 Å². The van der Waals surface area contributed by atoms with Crippen LogP contribution in [0.25, 0.3) is 0 Å². The average Bonchev–Trinajstić information content (AvgIpc) is 3.21. The highest BCUT2D eigenvalue weighted by Gasteiger charge is 2.72. The number of carboxylic acids is 1. The van der Waals surface area contributed by atoms with Gasteiger partial charge in [0.1, 0.15) is 11.8 Å². The zero-order valence-electron chi connectivity index (χ0n) is 21.1. The van der Waals surface area contributed by atoms with Crippen LogP contribution in [0.4, 0.5) is 0 Å². The fourth-order valence-corrected chi connectivity index (χ4v) is 6.49. The fraction of sp³-hybridized carbons (Fsp3) is 0.577. The Morgan fingerprint density at radius 1 is 1.30 bits per heavy atom. The van der Waals surface area contributed by atoms with Crippen molar-refractivity contribution in [3.63, 3.8) is 0 Å². The minimum absolute atomic E-state index is 0.115. The molecule has 0 saturated carbocycles. The molecule has 0 radical (unpaired) electrons. The van der Waals surface area contributed by atoms with E-state index in [-0.39, 0.29) is 31.1 Å². The third kappa shape index (κ3) is 3.71. The number of ether oxygens (including phenoxy) is 4. The van der Waals surface area contributed by atoms with Gasteiger partial charge in [0.2, 0.25) is 0 Å². The second-order valence-electron chi connectivity index (χ2n) is 10.3. The monoisotopic (exact) mass is 516 g/mol. The van der Waals surface area contributed by atoms with Crippen molar-refractivity contribution in [2.45, 2.75) is 74.3 Å². The molecule has 4 N–H and O–H groups in total. The van der Waals surface area contributed by atoms with E-state index in [1.165, 1.54) is 6.92 Å². The fourth-order valence-electron chi connectivity index (χ4n) is 6.49. The summed E-state index contributed by atoms with van der Waals surface area (Å²) in [5, 5.41) is 21.0. The number of aliphatic hydroxyl groups is 1. The number of likely N-dealkylation sites (tertiary alicyclic amines) is 1. The van der Waals surface area contributed by atoms with Crippen molar-refractivity contribution in [2.24, 2.45) is 5.73 Å². The molecular formula is C26H32N2O9. The molecule has 11 heteroatoms. The highest BCUT2D eigenvalue weighted by Crippen LogP contribution is 2.65. The van der Waals surface area contributed by atoms with Crippen LogP contribution >= 0.6 is 0 Å². The summed E-state index contributed by atoms with van der Waals surface area (Å²) in [4.78, 5) is 38.1. The van der Waals surface area contributed by atoms with Crippen molar-refractivity contribution in [3.8, 4) is 11.5 Å². The average molecular weight is 517 g/mol. The van der Waals surface area contributed by atoms with Crippen molar-refractivity contribution >= 4 is 17.9 Å². The maximum atomic E-state index is 13.0. The Hall–Kier alpha value is -3.15. The Kier molecular flexibility index (Phi) is 6.20. The normalized spacial score (nSPS) is 30.8. The number of rotatable bonds is 8. The minimum Gasteiger partial charge on any atom is -0.493 e. The Labute approximate surface area is 214 Å². The summed E-state index contributed by atoms with van der Waals surface area (Å²) < 4.78 is 22.9. The molecular weight excluding hydrogens is 484 g/mol. The molecule has 0 aromatic heterocycles. The van der Waals surface area contributed by atoms with Crippen LogP contribution in [0.3, 0.4) is 0 Å². The van der Waals surface area contributed by atoms with Crippen molar-refractivity contribution < 1.29 is 43.5 Å². The van der Waals surface area contributed by atoms with Crippen LogP contribution in [0.5, 0.6) is 11.5 Å². The molecule has 5 rings (SSSR count). The number of nitrogens with two attached hydrogens (primary N) is 1. The molecule has 2 heterocycles. The van der Waals surface area contributed by atoms with Crippen molar-refractivity contribution in [1.82, 2.24) is 4.90 Å². The van der Waals surface area contributed by atoms with Gasteiger partial charge in [0.15, 0.2) is 23.7 Å². The summed E-state index contributed by atoms with van der Waals surface area (Å²) in [7, 11) is 3.56. The molecule has 4 aliphatic rings. The summed E-state index contributed by atoms with van der Waals surface area (Å²) >= 11 is 0. The molecule has 37 heavy (non-hydrogen) atoms. The first-order chi connectivity index (χ1) is 17.5. The van der Waals surface area contributed by atoms with Gasteiger partial charge in [-0.3, -0.25) is 9.59 Å². The highest BCUT2D eigenvalue weighted by molar-refractivity contribution is 5.82. The first kappa shape index (κ1) is 25.5. The van der Waals surface area contributed by atoms with Gasteiger partial charge >= 0.3 is 17.9 Å². The number of esters is 2. The van der Waals surface area contributed by atoms with Crippen molar-refractivity contribution in [1.29, 1.82) is 0 Å². The van der Waals surface area contributed by atoms with E-state index in [0.29, 0.717) is 24.3 Å². The first-order valence-electron chi connectivity index (χ1n) is 12.4. The summed E-state index contributed by atoms with van der Waals surface area (Å²) in [6.45, 7) is 2.09. The summed E-state index contributed by atoms with van der Waals surface area (Å²) in [6, 6.07) is 2.55. The molecule has 0 unspecified atom stereocenters. The summed E-state index contributed by atoms with van der Waals surface area (Å²) in [6.07, 6.45) is 0.731. The number of carboxylic acid groups (broad SMARTS) is 1. The van der Waals surface area contributed by atoms with E-state index in [0.717, 1.165) is 17.7 Å². The second-order valence-corrected chi connectivity index (χ2v) is 10.3. The smallest absolute Gasteiger partial charge is 0.352 e. The number of carbonyl (C=O) groups excluding carboxylic acids is 2. The zero-order chi connectivity index (χ0) is 26.7. The van der Waals surface area contributed by atoms with Crippen LogP contribution in [-0.4, -0.2) is 83.6 Å². The molecule has 1 aromatic carbocycles. The van der Waals surface area contributed by atoms with E-state index in [9.17, 15) is 19.5 Å². The van der Waals surface area contributed by atoms with Crippen molar-refractivity contribution in [3.05, 3.63) is 35.1 Å². The molecule has 1 spiro atoms. The minimum atomic E-state index is -1.28. The van der Waals surface area contributed by atoms with Gasteiger partial charge in [-0.15, -0.1) is 0 Å². The van der Waals surface area contributed by atoms with E-state index in [4.69, 9.17) is 29.8 Å². The van der Waals surface area contributed by atoms with E-state index in [2.05, 4.69) is 4.90 Å². The SMILES string of the molecule is COc1ccc2c3c1O[C@H]1C(OC(=O)[C@H](C)OC(=O)[C@@H](N)CCC(=O)O)=CC[C@@]4(O)[C@@H](C2)N(C)CC[C@]314. The van der Waals surface area contributed by atoms with Gasteiger partial charge in [-0.2, -0.15) is 0 Å². The van der Waals surface area contributed by atoms with Gasteiger partial charge < -0.3 is 39.8 Å². The van der Waals surface area contributed by atoms with E-state index >= 15 is 0 Å². The Balaban J connectivity index is 1.41. The number of methoxy groups -OCH3 is 1. The topological polar surface area (TPSA) is 158 Å². The predicted octanol–water partition coefficient (Wildman–Crippen LogP) is 0.640. The van der Waals surface area contributed by atoms with Crippen LogP contribution in [0.15, 0.2) is 24.0 Å². The Bertz CT molecular complexity index is 1180. The number of nitrogens with zero attached hydrogens (tertiary/aromatic N) is 1. The quantitative estimate of drug-likeness (QED) is 0.416. The zero-order valence-corrected chi connectivity index (χ0v) is 21.1. The highest BCUT2D eigenvalue weighted by atomic mass is 16.6. The van der Waals surface area contributed by atoms with E-state index < -0.39 is 47.2 Å². The number of piperidine rings is 1. The third-order valence-electron chi connectivity index (χ3n) is 8.37. The number of hydrogen-bond acceptors (Lipinski definition) is 10. The van der Waals surface area contributed by atoms with E-state index in [1.54, 1.807) is 13.2 Å². The van der Waals surface area contributed by atoms with Crippen LogP contribution in [-0.2, 0) is 35.7 Å². The van der Waals surface area contributed by atoms with Crippen LogP contribution < -0.4 is 15.2 Å². The first-order valence-corrected chi connectivity index (χ1v) is 12.4. The molecule has 2 bridgehead atoms. The molecule has 200 valence electrons. The lowest BCUT2D eigenvalue weighted by Crippen LogP contribution is -2.74. The molecule has 2 aliphatic heterocycles. The molecule has 1 saturated heterocycles. The van der Waals surface area contributed by atoms with Gasteiger partial charge in [0.25, 0.3) is 0 Å². The van der Waals surface area contributed by atoms with Crippen LogP contribution in [0, 0.1) is 0 Å². The second kappa shape index (κ2) is 9.00. The van der Waals surface area contributed by atoms with Crippen LogP contribution in [0.1, 0.15) is 43.7 Å². The summed E-state index contributed by atoms with van der Waals surface area (Å²) in [5.74, 6) is -1.44. The molecule has 1 aromatic rings. The molecule has 2 aliphatic carbocycles. The molecule has 0 amide bonds. The third-order valence-corrected chi connectivity index (χ3v) is 8.37. The number of carbonyl (C=O) groups is 3. The molecule has 6 atom stereocenters. The maximum absolute atomic E-state index is 13.0. The van der Waals surface area contributed by atoms with Crippen LogP contribution in [0.2, 0.25) is 0 Å². The van der Waals surface area contributed by atoms with Gasteiger partial charge in [0, 0.05) is 24.4 Å². The van der Waals surface area contributed by atoms with Gasteiger partial charge in [-0.25, -0.2) is 4.79 Å². The standard InChI is InChI=1S/C26H32N2O9/c1-13(35-24(32)15(27)5-7-19(29)30)23(31)36-17-8-9-26(33)18-12-14-4-6-16(34-3)21-20(14)25(26,22(17)37-21)10-11-28(18)2/h4,6,8,13,15,18,22,33H,5,7,9-12,27H2,1-3H3,(H,29,30)/t13-,15-,18+,22-,25-,26+/m0/s1.